The van der Waals surface area contributed by atoms with Crippen molar-refractivity contribution < 1.29 is 18.0 Å². The maximum atomic E-state index is 14.5. The van der Waals surface area contributed by atoms with Gasteiger partial charge in [-0.15, -0.1) is 0 Å². The first-order valence-electron chi connectivity index (χ1n) is 14.6. The number of nitrogens with zero attached hydrogens (tertiary/aromatic N) is 2. The molecule has 1 N–H and O–H groups in total. The zero-order chi connectivity index (χ0) is 31.7. The van der Waals surface area contributed by atoms with Crippen molar-refractivity contribution in [3.05, 3.63) is 130 Å². The summed E-state index contributed by atoms with van der Waals surface area (Å²) >= 11 is 3.51. The summed E-state index contributed by atoms with van der Waals surface area (Å²) in [5, 5.41) is 2.97. The van der Waals surface area contributed by atoms with Crippen LogP contribution in [0.4, 0.5) is 5.69 Å². The van der Waals surface area contributed by atoms with Crippen molar-refractivity contribution in [3.63, 3.8) is 0 Å². The molecule has 0 aliphatic rings. The maximum absolute atomic E-state index is 14.5. The SMILES string of the molecule is CCCNC(=O)[C@@H](Cc1ccccc1)N(Cc1cccc(Br)c1)C(=O)CN(c1cccc(C)c1)S(=O)(=O)c1ccc(C)cc1. The Morgan fingerprint density at radius 1 is 0.818 bits per heavy atom. The number of hydrogen-bond donors (Lipinski definition) is 1. The topological polar surface area (TPSA) is 86.8 Å². The predicted molar refractivity (Wildman–Crippen MR) is 179 cm³/mol. The molecule has 1 atom stereocenters. The molecule has 230 valence electrons. The normalized spacial score (nSPS) is 11.9. The van der Waals surface area contributed by atoms with Crippen LogP contribution in [0.5, 0.6) is 0 Å². The van der Waals surface area contributed by atoms with Crippen LogP contribution < -0.4 is 9.62 Å². The molecule has 0 aliphatic heterocycles. The van der Waals surface area contributed by atoms with Crippen molar-refractivity contribution >= 4 is 43.5 Å². The molecule has 9 heteroatoms. The Balaban J connectivity index is 1.80. The molecule has 4 aromatic rings. The highest BCUT2D eigenvalue weighted by atomic mass is 79.9. The Bertz CT molecular complexity index is 1680. The third-order valence-corrected chi connectivity index (χ3v) is 9.52. The van der Waals surface area contributed by atoms with E-state index in [0.29, 0.717) is 12.2 Å². The molecule has 0 radical (unpaired) electrons. The first-order valence-corrected chi connectivity index (χ1v) is 16.8. The van der Waals surface area contributed by atoms with Crippen molar-refractivity contribution in [1.82, 2.24) is 10.2 Å². The van der Waals surface area contributed by atoms with E-state index in [9.17, 15) is 18.0 Å². The molecule has 0 saturated heterocycles. The summed E-state index contributed by atoms with van der Waals surface area (Å²) in [6.45, 7) is 5.80. The Labute approximate surface area is 269 Å². The van der Waals surface area contributed by atoms with Gasteiger partial charge < -0.3 is 10.2 Å². The molecule has 4 aromatic carbocycles. The third-order valence-electron chi connectivity index (χ3n) is 7.24. The Kier molecular flexibility index (Phi) is 11.4. The van der Waals surface area contributed by atoms with Crippen molar-refractivity contribution in [1.29, 1.82) is 0 Å². The molecule has 0 bridgehead atoms. The first kappa shape index (κ1) is 33.0. The highest BCUT2D eigenvalue weighted by Crippen LogP contribution is 2.26. The highest BCUT2D eigenvalue weighted by Gasteiger charge is 2.34. The number of nitrogens with one attached hydrogen (secondary N) is 1. The average molecular weight is 677 g/mol. The van der Waals surface area contributed by atoms with Crippen LogP contribution in [0.15, 0.2) is 112 Å². The van der Waals surface area contributed by atoms with Crippen molar-refractivity contribution in [2.75, 3.05) is 17.4 Å². The van der Waals surface area contributed by atoms with Crippen LogP contribution >= 0.6 is 15.9 Å². The molecule has 0 spiro atoms. The van der Waals surface area contributed by atoms with Crippen molar-refractivity contribution in [3.8, 4) is 0 Å². The van der Waals surface area contributed by atoms with E-state index < -0.39 is 28.5 Å². The largest absolute Gasteiger partial charge is 0.354 e. The predicted octanol–water partition coefficient (Wildman–Crippen LogP) is 6.43. The zero-order valence-electron chi connectivity index (χ0n) is 25.2. The van der Waals surface area contributed by atoms with E-state index in [4.69, 9.17) is 0 Å². The van der Waals surface area contributed by atoms with Gasteiger partial charge in [0.25, 0.3) is 10.0 Å². The zero-order valence-corrected chi connectivity index (χ0v) is 27.6. The average Bonchev–Trinajstić information content (AvgIpc) is 3.01. The quantitative estimate of drug-likeness (QED) is 0.177. The van der Waals surface area contributed by atoms with Gasteiger partial charge in [-0.25, -0.2) is 8.42 Å². The number of benzene rings is 4. The molecule has 0 aliphatic carbocycles. The number of amides is 2. The summed E-state index contributed by atoms with van der Waals surface area (Å²) in [7, 11) is -4.14. The van der Waals surface area contributed by atoms with Gasteiger partial charge in [-0.05, 0) is 73.4 Å². The second-order valence-electron chi connectivity index (χ2n) is 10.8. The maximum Gasteiger partial charge on any atom is 0.264 e. The number of rotatable bonds is 13. The van der Waals surface area contributed by atoms with Gasteiger partial charge in [-0.2, -0.15) is 0 Å². The molecule has 0 heterocycles. The Hall–Kier alpha value is -3.95. The van der Waals surface area contributed by atoms with E-state index in [1.54, 1.807) is 42.5 Å². The molecule has 0 unspecified atom stereocenters. The van der Waals surface area contributed by atoms with Crippen LogP contribution in [0.3, 0.4) is 0 Å². The molecule has 2 amide bonds. The summed E-state index contributed by atoms with van der Waals surface area (Å²) < 4.78 is 30.2. The van der Waals surface area contributed by atoms with Gasteiger partial charge in [0.15, 0.2) is 0 Å². The minimum Gasteiger partial charge on any atom is -0.354 e. The number of hydrogen-bond acceptors (Lipinski definition) is 4. The first-order chi connectivity index (χ1) is 21.1. The van der Waals surface area contributed by atoms with Crippen LogP contribution in [-0.2, 0) is 32.6 Å². The molecule has 0 saturated carbocycles. The molecule has 44 heavy (non-hydrogen) atoms. The smallest absolute Gasteiger partial charge is 0.264 e. The number of halogens is 1. The van der Waals surface area contributed by atoms with Crippen molar-refractivity contribution in [2.24, 2.45) is 0 Å². The molecular formula is C35H38BrN3O4S. The lowest BCUT2D eigenvalue weighted by atomic mass is 10.0. The number of sulfonamides is 1. The van der Waals surface area contributed by atoms with Crippen LogP contribution in [-0.4, -0.2) is 44.3 Å². The van der Waals surface area contributed by atoms with Crippen LogP contribution in [0.25, 0.3) is 0 Å². The molecule has 0 fully saturated rings. The van der Waals surface area contributed by atoms with Gasteiger partial charge in [0, 0.05) is 24.0 Å². The minimum atomic E-state index is -4.14. The second-order valence-corrected chi connectivity index (χ2v) is 13.6. The number of carbonyl (C=O) groups is 2. The lowest BCUT2D eigenvalue weighted by Gasteiger charge is -2.34. The fourth-order valence-electron chi connectivity index (χ4n) is 4.90. The third kappa shape index (κ3) is 8.57. The lowest BCUT2D eigenvalue weighted by molar-refractivity contribution is -0.140. The highest BCUT2D eigenvalue weighted by molar-refractivity contribution is 9.10. The summed E-state index contributed by atoms with van der Waals surface area (Å²) in [6.07, 6.45) is 1.00. The fraction of sp³-hybridized carbons (Fsp3) is 0.257. The van der Waals surface area contributed by atoms with Gasteiger partial charge >= 0.3 is 0 Å². The molecule has 7 nitrogen and oxygen atoms in total. The molecular weight excluding hydrogens is 638 g/mol. The summed E-state index contributed by atoms with van der Waals surface area (Å²) in [5.74, 6) is -0.780. The lowest BCUT2D eigenvalue weighted by Crippen LogP contribution is -2.53. The van der Waals surface area contributed by atoms with Gasteiger partial charge in [0.2, 0.25) is 11.8 Å². The standard InChI is InChI=1S/C35H38BrN3O4S/c1-4-20-37-35(41)33(23-28-11-6-5-7-12-28)38(24-29-13-9-14-30(36)22-29)34(40)25-39(31-15-8-10-27(3)21-31)44(42,43)32-18-16-26(2)17-19-32/h5-19,21-22,33H,4,20,23-25H2,1-3H3,(H,37,41)/t33-/m1/s1. The van der Waals surface area contributed by atoms with Crippen LogP contribution in [0.1, 0.15) is 35.6 Å². The van der Waals surface area contributed by atoms with Crippen LogP contribution in [0.2, 0.25) is 0 Å². The van der Waals surface area contributed by atoms with E-state index in [1.165, 1.54) is 4.90 Å². The van der Waals surface area contributed by atoms with E-state index in [2.05, 4.69) is 21.2 Å². The summed E-state index contributed by atoms with van der Waals surface area (Å²) in [5.41, 5.74) is 3.84. The number of aryl methyl sites for hydroxylation is 2. The monoisotopic (exact) mass is 675 g/mol. The van der Waals surface area contributed by atoms with E-state index in [0.717, 1.165) is 37.5 Å². The van der Waals surface area contributed by atoms with Gasteiger partial charge in [-0.1, -0.05) is 95.1 Å². The molecule has 4 rings (SSSR count). The van der Waals surface area contributed by atoms with Gasteiger partial charge in [0.1, 0.15) is 12.6 Å². The Morgan fingerprint density at radius 3 is 2.16 bits per heavy atom. The number of carbonyl (C=O) groups excluding carboxylic acids is 2. The van der Waals surface area contributed by atoms with E-state index in [-0.39, 0.29) is 23.8 Å². The molecule has 0 aromatic heterocycles. The van der Waals surface area contributed by atoms with Gasteiger partial charge in [-0.3, -0.25) is 13.9 Å². The second kappa shape index (κ2) is 15.2. The fourth-order valence-corrected chi connectivity index (χ4v) is 6.75. The van der Waals surface area contributed by atoms with Gasteiger partial charge in [0.05, 0.1) is 10.6 Å². The summed E-state index contributed by atoms with van der Waals surface area (Å²) in [6, 6.07) is 29.8. The van der Waals surface area contributed by atoms with Crippen LogP contribution in [0, 0.1) is 13.8 Å². The van der Waals surface area contributed by atoms with E-state index in [1.807, 2.05) is 81.4 Å². The van der Waals surface area contributed by atoms with Crippen molar-refractivity contribution in [2.45, 2.75) is 51.1 Å². The Morgan fingerprint density at radius 2 is 1.50 bits per heavy atom. The summed E-state index contributed by atoms with van der Waals surface area (Å²) in [4.78, 5) is 29.8. The van der Waals surface area contributed by atoms with E-state index >= 15 is 0 Å². The minimum absolute atomic E-state index is 0.0810. The number of anilines is 1.